The second-order valence-corrected chi connectivity index (χ2v) is 14.5. The lowest BCUT2D eigenvalue weighted by molar-refractivity contribution is -2.00. The Balaban J connectivity index is 0.000000926. The van der Waals surface area contributed by atoms with E-state index >= 15 is 0 Å². The van der Waals surface area contributed by atoms with Crippen LogP contribution < -0.4 is 18.6 Å². The second kappa shape index (κ2) is 10.7. The van der Waals surface area contributed by atoms with Crippen molar-refractivity contribution in [3.05, 3.63) is 70.2 Å². The van der Waals surface area contributed by atoms with Crippen molar-refractivity contribution in [1.82, 2.24) is 0 Å². The minimum absolute atomic E-state index is 0.0803. The number of hydrogen-bond donors (Lipinski definition) is 0. The molecule has 0 N–H and O–H groups in total. The molecule has 3 heterocycles. The fourth-order valence-corrected chi connectivity index (χ4v) is 3.47. The molecule has 0 saturated heterocycles. The van der Waals surface area contributed by atoms with Crippen molar-refractivity contribution in [2.75, 3.05) is 0 Å². The Morgan fingerprint density at radius 2 is 1.05 bits per heavy atom. The monoisotopic (exact) mass is 547 g/mol. The van der Waals surface area contributed by atoms with Gasteiger partial charge in [0.15, 0.2) is 0 Å². The molecule has 0 radical (unpaired) electrons. The number of rotatable bonds is 1. The minimum Gasteiger partial charge on any atom is -0.465 e. The predicted molar refractivity (Wildman–Crippen MR) is 140 cm³/mol. The molecule has 1 aromatic heterocycles. The van der Waals surface area contributed by atoms with Gasteiger partial charge in [-0.25, -0.2) is 23.1 Å². The van der Waals surface area contributed by atoms with Crippen LogP contribution in [0.15, 0.2) is 62.6 Å². The van der Waals surface area contributed by atoms with Crippen LogP contribution in [0.5, 0.6) is 0 Å². The fourth-order valence-electron chi connectivity index (χ4n) is 3.47. The van der Waals surface area contributed by atoms with Gasteiger partial charge in [0.1, 0.15) is 11.5 Å². The van der Waals surface area contributed by atoms with E-state index in [1.165, 1.54) is 0 Å². The molecule has 0 bridgehead atoms. The van der Waals surface area contributed by atoms with Crippen LogP contribution in [-0.4, -0.2) is 6.21 Å². The molecule has 2 aliphatic rings. The smallest absolute Gasteiger partial charge is 0.335 e. The topological polar surface area (TPSA) is 125 Å². The first-order chi connectivity index (χ1) is 16.9. The minimum atomic E-state index is -4.94. The highest BCUT2D eigenvalue weighted by molar-refractivity contribution is 6.13. The lowest BCUT2D eigenvalue weighted by atomic mass is 9.86. The van der Waals surface area contributed by atoms with Crippen LogP contribution in [0.25, 0.3) is 5.57 Å². The molecule has 7 nitrogen and oxygen atoms in total. The van der Waals surface area contributed by atoms with Gasteiger partial charge in [0.05, 0.1) is 16.5 Å². The number of allylic oxidation sites excluding steroid dienone is 7. The first-order valence-corrected chi connectivity index (χ1v) is 13.8. The van der Waals surface area contributed by atoms with E-state index in [0.717, 1.165) is 45.4 Å². The molecule has 3 rings (SSSR count). The summed E-state index contributed by atoms with van der Waals surface area (Å²) in [5.41, 5.74) is 3.97. The molecule has 1 aromatic rings. The Kier molecular flexibility index (Phi) is 8.99. The van der Waals surface area contributed by atoms with Crippen molar-refractivity contribution >= 4 is 11.8 Å². The Bertz CT molecular complexity index is 1130. The van der Waals surface area contributed by atoms with Gasteiger partial charge in [-0.1, -0.05) is 41.5 Å². The zero-order valence-corrected chi connectivity index (χ0v) is 25.5. The highest BCUT2D eigenvalue weighted by Crippen LogP contribution is 2.41. The van der Waals surface area contributed by atoms with Crippen LogP contribution in [0.2, 0.25) is 0 Å². The highest BCUT2D eigenvalue weighted by atomic mass is 35.7. The molecule has 210 valence electrons. The Labute approximate surface area is 229 Å². The first-order valence-electron chi connectivity index (χ1n) is 12.6. The zero-order chi connectivity index (χ0) is 29.5. The van der Waals surface area contributed by atoms with Crippen LogP contribution in [0.3, 0.4) is 0 Å². The van der Waals surface area contributed by atoms with E-state index < -0.39 is 10.2 Å². The lowest BCUT2D eigenvalue weighted by Gasteiger charge is -2.32. The number of hydrogen-bond acceptors (Lipinski definition) is 6. The van der Waals surface area contributed by atoms with Gasteiger partial charge >= 0.3 is 11.5 Å². The van der Waals surface area contributed by atoms with E-state index in [0.29, 0.717) is 0 Å². The van der Waals surface area contributed by atoms with Crippen molar-refractivity contribution in [2.24, 2.45) is 15.8 Å². The number of aliphatic imine (C=N–C) groups is 1. The lowest BCUT2D eigenvalue weighted by Crippen LogP contribution is -2.68. The van der Waals surface area contributed by atoms with Crippen LogP contribution in [0.4, 0.5) is 0 Å². The summed E-state index contributed by atoms with van der Waals surface area (Å²) < 4.78 is 46.6. The number of halogens is 1. The number of nitrogens with zero attached hydrogens (tertiary/aromatic N) is 1. The van der Waals surface area contributed by atoms with Gasteiger partial charge in [-0.15, -0.1) is 10.2 Å². The molecule has 0 aromatic carbocycles. The molecule has 0 spiro atoms. The normalized spacial score (nSPS) is 16.9. The average Bonchev–Trinajstić information content (AvgIpc) is 3.20. The molecule has 0 atom stereocenters. The SMILES string of the molecule is CC(C)(C)C1=CC(=C2C=C(c3cc(C(C)(C)C)[o+]c(C(C)(C)C)c3)C=N2)C=C(C(C)(C)C)O1.[O-][Cl+3]([O-])([O-])[O-]. The maximum Gasteiger partial charge on any atom is 0.335 e. The third kappa shape index (κ3) is 9.17. The Hall–Kier alpha value is -2.29. The quantitative estimate of drug-likeness (QED) is 0.489. The van der Waals surface area contributed by atoms with Gasteiger partial charge in [0.25, 0.3) is 0 Å². The van der Waals surface area contributed by atoms with Crippen LogP contribution in [0, 0.1) is 21.1 Å². The molecule has 0 unspecified atom stereocenters. The van der Waals surface area contributed by atoms with Crippen LogP contribution in [0.1, 0.15) is 100 Å². The van der Waals surface area contributed by atoms with Gasteiger partial charge < -0.3 is 4.74 Å². The molecule has 0 aliphatic carbocycles. The molecular weight excluding hydrogens is 506 g/mol. The van der Waals surface area contributed by atoms with Gasteiger partial charge in [0.2, 0.25) is 0 Å². The highest BCUT2D eigenvalue weighted by Gasteiger charge is 2.35. The largest absolute Gasteiger partial charge is 0.465 e. The van der Waals surface area contributed by atoms with Crippen LogP contribution in [-0.2, 0) is 15.6 Å². The molecule has 0 saturated carbocycles. The Morgan fingerprint density at radius 3 is 1.39 bits per heavy atom. The van der Waals surface area contributed by atoms with Crippen molar-refractivity contribution in [1.29, 1.82) is 0 Å². The summed E-state index contributed by atoms with van der Waals surface area (Å²) in [5.74, 6) is 3.91. The summed E-state index contributed by atoms with van der Waals surface area (Å²) in [4.78, 5) is 4.82. The van der Waals surface area contributed by atoms with E-state index in [-0.39, 0.29) is 21.7 Å². The van der Waals surface area contributed by atoms with E-state index in [4.69, 9.17) is 32.8 Å². The fraction of sp³-hybridized carbons (Fsp3) is 0.533. The van der Waals surface area contributed by atoms with E-state index in [1.54, 1.807) is 0 Å². The first kappa shape index (κ1) is 31.9. The van der Waals surface area contributed by atoms with Crippen molar-refractivity contribution in [3.8, 4) is 0 Å². The third-order valence-corrected chi connectivity index (χ3v) is 5.81. The molecule has 8 heteroatoms. The molecule has 2 aliphatic heterocycles. The van der Waals surface area contributed by atoms with Crippen molar-refractivity contribution < 1.29 is 38.0 Å². The summed E-state index contributed by atoms with van der Waals surface area (Å²) in [7, 11) is -4.94. The van der Waals surface area contributed by atoms with Crippen LogP contribution >= 0.6 is 0 Å². The van der Waals surface area contributed by atoms with Crippen molar-refractivity contribution in [3.63, 3.8) is 0 Å². The van der Waals surface area contributed by atoms with E-state index in [2.05, 4.69) is 113 Å². The summed E-state index contributed by atoms with van der Waals surface area (Å²) in [6.45, 7) is 26.2. The summed E-state index contributed by atoms with van der Waals surface area (Å²) >= 11 is 0. The maximum atomic E-state index is 8.49. The Morgan fingerprint density at radius 1 is 0.658 bits per heavy atom. The van der Waals surface area contributed by atoms with Gasteiger partial charge in [-0.3, -0.25) is 4.99 Å². The predicted octanol–water partition coefficient (Wildman–Crippen LogP) is 4.01. The average molecular weight is 548 g/mol. The third-order valence-electron chi connectivity index (χ3n) is 5.81. The van der Waals surface area contributed by atoms with Crippen molar-refractivity contribution in [2.45, 2.75) is 93.9 Å². The summed E-state index contributed by atoms with van der Waals surface area (Å²) in [6, 6.07) is 4.33. The van der Waals surface area contributed by atoms with Gasteiger partial charge in [-0.05, 0) is 59.8 Å². The number of ether oxygens (including phenoxy) is 1. The molecule has 0 amide bonds. The molecular formula is C30H42ClNO6. The summed E-state index contributed by atoms with van der Waals surface area (Å²) in [6.07, 6.45) is 8.44. The zero-order valence-electron chi connectivity index (χ0n) is 24.7. The second-order valence-electron chi connectivity index (χ2n) is 13.8. The summed E-state index contributed by atoms with van der Waals surface area (Å²) in [5, 5.41) is 0. The maximum absolute atomic E-state index is 8.49. The van der Waals surface area contributed by atoms with E-state index in [1.807, 2.05) is 6.21 Å². The van der Waals surface area contributed by atoms with E-state index in [9.17, 15) is 0 Å². The van der Waals surface area contributed by atoms with Gasteiger partial charge in [-0.2, -0.15) is 0 Å². The molecule has 38 heavy (non-hydrogen) atoms. The molecule has 0 fully saturated rings. The standard InChI is InChI=1S/C30H42NO2.ClHO4/c1-27(2,3)23-14-19(15-24(32-23)28(4,5)6)21-13-22(31-18-21)20-16-25(29(7,8)9)33-26(17-20)30(10,11)12;2-1(3,4)5/h13-18H,1-12H3;(H,2,3,4,5)/q+1;/p-1. The van der Waals surface area contributed by atoms with Gasteiger partial charge in [0, 0.05) is 45.9 Å².